The Labute approximate surface area is 110 Å². The summed E-state index contributed by atoms with van der Waals surface area (Å²) in [4.78, 5) is 48.9. The van der Waals surface area contributed by atoms with Crippen molar-refractivity contribution < 1.29 is 19.2 Å². The van der Waals surface area contributed by atoms with Crippen molar-refractivity contribution in [3.63, 3.8) is 0 Å². The molecule has 4 amide bonds. The minimum atomic E-state index is -0.541. The molecule has 1 unspecified atom stereocenters. The highest BCUT2D eigenvalue weighted by atomic mass is 16.2. The van der Waals surface area contributed by atoms with Crippen LogP contribution in [-0.4, -0.2) is 46.0 Å². The highest BCUT2D eigenvalue weighted by Crippen LogP contribution is 2.18. The lowest BCUT2D eigenvalue weighted by Crippen LogP contribution is -2.47. The molecule has 0 bridgehead atoms. The molecule has 0 N–H and O–H groups in total. The molecule has 2 aliphatic rings. The molecule has 0 radical (unpaired) electrons. The molecule has 2 heterocycles. The first kappa shape index (κ1) is 13.2. The highest BCUT2D eigenvalue weighted by molar-refractivity contribution is 6.17. The van der Waals surface area contributed by atoms with E-state index < -0.39 is 17.9 Å². The fourth-order valence-corrected chi connectivity index (χ4v) is 2.18. The van der Waals surface area contributed by atoms with Crippen LogP contribution in [0.25, 0.3) is 0 Å². The van der Waals surface area contributed by atoms with Crippen molar-refractivity contribution in [3.05, 3.63) is 23.3 Å². The Morgan fingerprint density at radius 1 is 0.947 bits per heavy atom. The van der Waals surface area contributed by atoms with Gasteiger partial charge >= 0.3 is 0 Å². The normalized spacial score (nSPS) is 21.2. The van der Waals surface area contributed by atoms with Gasteiger partial charge in [-0.15, -0.1) is 0 Å². The Morgan fingerprint density at radius 3 is 1.89 bits per heavy atom. The third-order valence-electron chi connectivity index (χ3n) is 3.21. The summed E-state index contributed by atoms with van der Waals surface area (Å²) in [6.45, 7) is 4.77. The van der Waals surface area contributed by atoms with Gasteiger partial charge in [0.05, 0.1) is 12.6 Å². The molecule has 6 heteroatoms. The van der Waals surface area contributed by atoms with Gasteiger partial charge in [0.25, 0.3) is 23.6 Å². The van der Waals surface area contributed by atoms with E-state index in [0.717, 1.165) is 9.80 Å². The zero-order chi connectivity index (χ0) is 14.3. The van der Waals surface area contributed by atoms with Gasteiger partial charge in [-0.05, 0) is 20.8 Å². The van der Waals surface area contributed by atoms with Gasteiger partial charge in [-0.3, -0.25) is 29.0 Å². The van der Waals surface area contributed by atoms with Crippen LogP contribution in [0.1, 0.15) is 20.8 Å². The quantitative estimate of drug-likeness (QED) is 0.671. The molecule has 0 aromatic heterocycles. The summed E-state index contributed by atoms with van der Waals surface area (Å²) in [6.07, 6.45) is 2.52. The van der Waals surface area contributed by atoms with Crippen molar-refractivity contribution in [2.75, 3.05) is 6.54 Å². The van der Waals surface area contributed by atoms with Crippen LogP contribution in [0.4, 0.5) is 0 Å². The molecule has 0 aromatic rings. The SMILES string of the molecule is CC1=CC(=O)N(CC(C)N2C(=O)C=C(C)C2=O)C1=O. The Balaban J connectivity index is 2.10. The predicted octanol–water partition coefficient (Wildman–Crippen LogP) is 0.00510. The number of amides is 4. The lowest BCUT2D eigenvalue weighted by Gasteiger charge is -2.26. The largest absolute Gasteiger partial charge is 0.273 e. The number of rotatable bonds is 3. The molecule has 19 heavy (non-hydrogen) atoms. The molecule has 0 aromatic carbocycles. The molecule has 0 fully saturated rings. The molecular formula is C13H14N2O4. The third kappa shape index (κ3) is 2.09. The number of hydrogen-bond acceptors (Lipinski definition) is 4. The Hall–Kier alpha value is -2.24. The summed E-state index contributed by atoms with van der Waals surface area (Å²) in [5, 5.41) is 0. The second kappa shape index (κ2) is 4.46. The van der Waals surface area contributed by atoms with Gasteiger partial charge < -0.3 is 0 Å². The lowest BCUT2D eigenvalue weighted by atomic mass is 10.2. The Kier molecular flexibility index (Phi) is 3.09. The molecule has 100 valence electrons. The van der Waals surface area contributed by atoms with Gasteiger partial charge in [0.2, 0.25) is 0 Å². The van der Waals surface area contributed by atoms with Crippen LogP contribution in [0.5, 0.6) is 0 Å². The topological polar surface area (TPSA) is 74.8 Å². The van der Waals surface area contributed by atoms with Crippen molar-refractivity contribution in [2.45, 2.75) is 26.8 Å². The summed E-state index contributed by atoms with van der Waals surface area (Å²) in [5.41, 5.74) is 0.732. The molecule has 0 aliphatic carbocycles. The molecule has 2 aliphatic heterocycles. The first-order chi connectivity index (χ1) is 8.82. The smallest absolute Gasteiger partial charge is 0.256 e. The highest BCUT2D eigenvalue weighted by Gasteiger charge is 2.36. The standard InChI is InChI=1S/C13H14N2O4/c1-7-4-10(16)14(12(7)18)6-9(3)15-11(17)5-8(2)13(15)19/h4-5,9H,6H2,1-3H3. The van der Waals surface area contributed by atoms with E-state index in [2.05, 4.69) is 0 Å². The van der Waals surface area contributed by atoms with E-state index in [1.165, 1.54) is 12.2 Å². The van der Waals surface area contributed by atoms with Crippen LogP contribution >= 0.6 is 0 Å². The number of imide groups is 2. The van der Waals surface area contributed by atoms with Gasteiger partial charge in [-0.25, -0.2) is 0 Å². The van der Waals surface area contributed by atoms with E-state index in [1.54, 1.807) is 20.8 Å². The minimum absolute atomic E-state index is 0.0180. The van der Waals surface area contributed by atoms with Gasteiger partial charge in [-0.1, -0.05) is 0 Å². The predicted molar refractivity (Wildman–Crippen MR) is 65.5 cm³/mol. The Morgan fingerprint density at radius 2 is 1.47 bits per heavy atom. The van der Waals surface area contributed by atoms with Crippen molar-refractivity contribution in [1.82, 2.24) is 9.80 Å². The van der Waals surface area contributed by atoms with E-state index in [-0.39, 0.29) is 18.4 Å². The van der Waals surface area contributed by atoms with Gasteiger partial charge in [-0.2, -0.15) is 0 Å². The zero-order valence-electron chi connectivity index (χ0n) is 11.0. The molecule has 1 atom stereocenters. The van der Waals surface area contributed by atoms with E-state index in [1.807, 2.05) is 0 Å². The van der Waals surface area contributed by atoms with E-state index in [0.29, 0.717) is 11.1 Å². The fraction of sp³-hybridized carbons (Fsp3) is 0.385. The van der Waals surface area contributed by atoms with Crippen LogP contribution < -0.4 is 0 Å². The summed E-state index contributed by atoms with van der Waals surface area (Å²) in [6, 6.07) is -0.541. The van der Waals surface area contributed by atoms with E-state index in [9.17, 15) is 19.2 Å². The van der Waals surface area contributed by atoms with Gasteiger partial charge in [0.15, 0.2) is 0 Å². The third-order valence-corrected chi connectivity index (χ3v) is 3.21. The average molecular weight is 262 g/mol. The number of carbonyl (C=O) groups excluding carboxylic acids is 4. The molecule has 2 rings (SSSR count). The van der Waals surface area contributed by atoms with E-state index in [4.69, 9.17) is 0 Å². The zero-order valence-corrected chi connectivity index (χ0v) is 11.0. The van der Waals surface area contributed by atoms with Crippen LogP contribution in [-0.2, 0) is 19.2 Å². The van der Waals surface area contributed by atoms with Gasteiger partial charge in [0.1, 0.15) is 0 Å². The van der Waals surface area contributed by atoms with Crippen molar-refractivity contribution in [2.24, 2.45) is 0 Å². The maximum Gasteiger partial charge on any atom is 0.256 e. The summed E-state index contributed by atoms with van der Waals surface area (Å²) < 4.78 is 0. The van der Waals surface area contributed by atoms with Crippen LogP contribution in [0.15, 0.2) is 23.3 Å². The Bertz CT molecular complexity index is 559. The maximum atomic E-state index is 11.8. The monoisotopic (exact) mass is 262 g/mol. The van der Waals surface area contributed by atoms with Crippen molar-refractivity contribution in [3.8, 4) is 0 Å². The summed E-state index contributed by atoms with van der Waals surface area (Å²) >= 11 is 0. The average Bonchev–Trinajstić information content (AvgIpc) is 2.70. The van der Waals surface area contributed by atoms with Crippen LogP contribution in [0.3, 0.4) is 0 Å². The summed E-state index contributed by atoms with van der Waals surface area (Å²) in [7, 11) is 0. The maximum absolute atomic E-state index is 11.8. The number of nitrogens with zero attached hydrogens (tertiary/aromatic N) is 2. The summed E-state index contributed by atoms with van der Waals surface area (Å²) in [5.74, 6) is -1.56. The lowest BCUT2D eigenvalue weighted by molar-refractivity contribution is -0.145. The van der Waals surface area contributed by atoms with Crippen molar-refractivity contribution in [1.29, 1.82) is 0 Å². The fourth-order valence-electron chi connectivity index (χ4n) is 2.18. The first-order valence-electron chi connectivity index (χ1n) is 5.93. The molecule has 6 nitrogen and oxygen atoms in total. The molecule has 0 saturated carbocycles. The minimum Gasteiger partial charge on any atom is -0.273 e. The second-order valence-corrected chi connectivity index (χ2v) is 4.77. The molecular weight excluding hydrogens is 248 g/mol. The van der Waals surface area contributed by atoms with Crippen molar-refractivity contribution >= 4 is 23.6 Å². The first-order valence-corrected chi connectivity index (χ1v) is 5.93. The molecule has 0 spiro atoms. The van der Waals surface area contributed by atoms with Crippen LogP contribution in [0.2, 0.25) is 0 Å². The second-order valence-electron chi connectivity index (χ2n) is 4.77. The van der Waals surface area contributed by atoms with Gasteiger partial charge in [0, 0.05) is 23.3 Å². The van der Waals surface area contributed by atoms with E-state index >= 15 is 0 Å². The number of carbonyl (C=O) groups is 4. The molecule has 0 saturated heterocycles. The van der Waals surface area contributed by atoms with Crippen LogP contribution in [0, 0.1) is 0 Å². The number of hydrogen-bond donors (Lipinski definition) is 0.